The van der Waals surface area contributed by atoms with Crippen LogP contribution in [0.4, 0.5) is 0 Å². The van der Waals surface area contributed by atoms with Gasteiger partial charge in [0.1, 0.15) is 11.5 Å². The van der Waals surface area contributed by atoms with Gasteiger partial charge in [0.2, 0.25) is 5.91 Å². The van der Waals surface area contributed by atoms with E-state index in [9.17, 15) is 9.59 Å². The van der Waals surface area contributed by atoms with E-state index in [4.69, 9.17) is 27.2 Å². The average Bonchev–Trinajstić information content (AvgIpc) is 2.55. The number of hydrogen-bond acceptors (Lipinski definition) is 3. The number of aryl methyl sites for hydroxylation is 2. The van der Waals surface area contributed by atoms with Crippen molar-refractivity contribution in [2.24, 2.45) is 5.73 Å². The van der Waals surface area contributed by atoms with Crippen molar-refractivity contribution in [2.45, 2.75) is 26.2 Å². The minimum atomic E-state index is -0.821. The molecule has 0 atom stereocenters. The van der Waals surface area contributed by atoms with Crippen molar-refractivity contribution in [3.63, 3.8) is 0 Å². The van der Waals surface area contributed by atoms with Gasteiger partial charge in [0.15, 0.2) is 0 Å². The molecule has 0 aromatic heterocycles. The number of hydrogen-bond donors (Lipinski definition) is 2. The summed E-state index contributed by atoms with van der Waals surface area (Å²) in [5.74, 6) is -0.361. The van der Waals surface area contributed by atoms with Gasteiger partial charge in [-0.05, 0) is 54.3 Å². The molecule has 2 aromatic carbocycles. The Morgan fingerprint density at radius 1 is 1.17 bits per heavy atom. The maximum absolute atomic E-state index is 11.1. The zero-order valence-electron chi connectivity index (χ0n) is 13.2. The van der Waals surface area contributed by atoms with Crippen LogP contribution in [0.5, 0.6) is 11.5 Å². The van der Waals surface area contributed by atoms with E-state index in [1.165, 1.54) is 6.07 Å². The minimum Gasteiger partial charge on any atom is -0.481 e. The Balaban J connectivity index is 2.21. The Morgan fingerprint density at radius 3 is 2.50 bits per heavy atom. The van der Waals surface area contributed by atoms with Crippen molar-refractivity contribution < 1.29 is 19.4 Å². The number of carbonyl (C=O) groups is 2. The van der Waals surface area contributed by atoms with E-state index in [2.05, 4.69) is 0 Å². The van der Waals surface area contributed by atoms with Gasteiger partial charge < -0.3 is 15.6 Å². The van der Waals surface area contributed by atoms with Crippen molar-refractivity contribution in [1.82, 2.24) is 0 Å². The van der Waals surface area contributed by atoms with Crippen molar-refractivity contribution in [1.29, 1.82) is 0 Å². The largest absolute Gasteiger partial charge is 0.481 e. The van der Waals surface area contributed by atoms with Crippen LogP contribution in [0.3, 0.4) is 0 Å². The zero-order valence-corrected chi connectivity index (χ0v) is 14.0. The Labute approximate surface area is 145 Å². The second-order valence-corrected chi connectivity index (χ2v) is 5.70. The molecule has 0 aliphatic rings. The number of carbonyl (C=O) groups excluding carboxylic acids is 1. The molecule has 0 bridgehead atoms. The highest BCUT2D eigenvalue weighted by Crippen LogP contribution is 2.31. The van der Waals surface area contributed by atoms with Crippen LogP contribution < -0.4 is 10.5 Å². The van der Waals surface area contributed by atoms with Gasteiger partial charge in [-0.15, -0.1) is 0 Å². The molecule has 2 rings (SSSR count). The molecule has 3 N–H and O–H groups in total. The molecule has 0 aliphatic carbocycles. The molecule has 24 heavy (non-hydrogen) atoms. The van der Waals surface area contributed by atoms with Crippen LogP contribution in [0.25, 0.3) is 0 Å². The maximum Gasteiger partial charge on any atom is 0.303 e. The number of carboxylic acids is 1. The Kier molecular flexibility index (Phi) is 5.82. The number of aliphatic carboxylic acids is 1. The van der Waals surface area contributed by atoms with Crippen LogP contribution in [0.2, 0.25) is 5.02 Å². The highest BCUT2D eigenvalue weighted by atomic mass is 35.5. The topological polar surface area (TPSA) is 89.6 Å². The third kappa shape index (κ3) is 4.49. The minimum absolute atomic E-state index is 0.0909. The zero-order chi connectivity index (χ0) is 17.7. The van der Waals surface area contributed by atoms with Gasteiger partial charge in [-0.25, -0.2) is 0 Å². The monoisotopic (exact) mass is 347 g/mol. The second kappa shape index (κ2) is 7.84. The van der Waals surface area contributed by atoms with Gasteiger partial charge >= 0.3 is 5.97 Å². The first kappa shape index (κ1) is 17.8. The molecule has 126 valence electrons. The molecule has 0 radical (unpaired) electrons. The van der Waals surface area contributed by atoms with Crippen molar-refractivity contribution in [3.05, 3.63) is 58.1 Å². The highest BCUT2D eigenvalue weighted by Gasteiger charge is 2.10. The fourth-order valence-electron chi connectivity index (χ4n) is 2.34. The predicted molar refractivity (Wildman–Crippen MR) is 91.8 cm³/mol. The molecule has 1 amide bonds. The quantitative estimate of drug-likeness (QED) is 0.796. The Bertz CT molecular complexity index is 774. The number of nitrogens with two attached hydrogens (primary N) is 1. The standard InChI is InChI=1S/C18H18ClNO4/c1-2-11-9-14(6-3-12(11)5-8-17(21)22)24-16-7-4-13(18(20)23)10-15(16)19/h3-4,6-7,9-10H,2,5,8H2,1H3,(H2,20,23)(H,21,22). The lowest BCUT2D eigenvalue weighted by molar-refractivity contribution is -0.136. The van der Waals surface area contributed by atoms with E-state index < -0.39 is 11.9 Å². The average molecular weight is 348 g/mol. The molecule has 0 aliphatic heterocycles. The molecule has 0 unspecified atom stereocenters. The normalized spacial score (nSPS) is 10.4. The van der Waals surface area contributed by atoms with Gasteiger partial charge in [0, 0.05) is 12.0 Å². The number of amides is 1. The van der Waals surface area contributed by atoms with E-state index in [1.807, 2.05) is 19.1 Å². The fraction of sp³-hybridized carbons (Fsp3) is 0.222. The van der Waals surface area contributed by atoms with Crippen LogP contribution in [0.15, 0.2) is 36.4 Å². The number of carboxylic acid groups (broad SMARTS) is 1. The van der Waals surface area contributed by atoms with E-state index >= 15 is 0 Å². The van der Waals surface area contributed by atoms with Crippen LogP contribution >= 0.6 is 11.6 Å². The molecule has 0 saturated carbocycles. The molecule has 6 heteroatoms. The second-order valence-electron chi connectivity index (χ2n) is 5.29. The molecule has 2 aromatic rings. The van der Waals surface area contributed by atoms with Gasteiger partial charge in [-0.1, -0.05) is 24.6 Å². The molecular formula is C18H18ClNO4. The van der Waals surface area contributed by atoms with Crippen molar-refractivity contribution >= 4 is 23.5 Å². The fourth-order valence-corrected chi connectivity index (χ4v) is 2.56. The first-order valence-electron chi connectivity index (χ1n) is 7.51. The third-order valence-corrected chi connectivity index (χ3v) is 3.91. The number of ether oxygens (including phenoxy) is 1. The summed E-state index contributed by atoms with van der Waals surface area (Å²) in [6.45, 7) is 2.00. The molecule has 5 nitrogen and oxygen atoms in total. The Morgan fingerprint density at radius 2 is 1.92 bits per heavy atom. The van der Waals surface area contributed by atoms with Gasteiger partial charge in [0.05, 0.1) is 5.02 Å². The summed E-state index contributed by atoms with van der Waals surface area (Å²) in [6, 6.07) is 10.1. The van der Waals surface area contributed by atoms with E-state index in [0.29, 0.717) is 28.5 Å². The third-order valence-electron chi connectivity index (χ3n) is 3.61. The lowest BCUT2D eigenvalue weighted by Gasteiger charge is -2.12. The number of halogens is 1. The number of rotatable bonds is 7. The smallest absolute Gasteiger partial charge is 0.303 e. The van der Waals surface area contributed by atoms with Gasteiger partial charge in [-0.3, -0.25) is 9.59 Å². The van der Waals surface area contributed by atoms with Gasteiger partial charge in [0.25, 0.3) is 0 Å². The van der Waals surface area contributed by atoms with E-state index in [0.717, 1.165) is 17.5 Å². The molecular weight excluding hydrogens is 330 g/mol. The summed E-state index contributed by atoms with van der Waals surface area (Å²) in [5, 5.41) is 9.10. The molecule has 0 heterocycles. The van der Waals surface area contributed by atoms with E-state index in [-0.39, 0.29) is 6.42 Å². The van der Waals surface area contributed by atoms with Crippen molar-refractivity contribution in [3.8, 4) is 11.5 Å². The first-order valence-corrected chi connectivity index (χ1v) is 7.89. The molecule has 0 saturated heterocycles. The number of primary amides is 1. The highest BCUT2D eigenvalue weighted by molar-refractivity contribution is 6.32. The van der Waals surface area contributed by atoms with E-state index in [1.54, 1.807) is 18.2 Å². The summed E-state index contributed by atoms with van der Waals surface area (Å²) in [5.41, 5.74) is 7.53. The van der Waals surface area contributed by atoms with Crippen LogP contribution in [-0.2, 0) is 17.6 Å². The summed E-state index contributed by atoms with van der Waals surface area (Å²) in [7, 11) is 0. The van der Waals surface area contributed by atoms with Crippen LogP contribution in [-0.4, -0.2) is 17.0 Å². The summed E-state index contributed by atoms with van der Waals surface area (Å²) in [6.07, 6.45) is 1.33. The first-order chi connectivity index (χ1) is 11.4. The maximum atomic E-state index is 11.1. The van der Waals surface area contributed by atoms with Gasteiger partial charge in [-0.2, -0.15) is 0 Å². The predicted octanol–water partition coefficient (Wildman–Crippen LogP) is 3.81. The van der Waals surface area contributed by atoms with Crippen LogP contribution in [0.1, 0.15) is 34.8 Å². The number of benzene rings is 2. The molecule has 0 spiro atoms. The summed E-state index contributed by atoms with van der Waals surface area (Å²) < 4.78 is 5.77. The lowest BCUT2D eigenvalue weighted by atomic mass is 10.0. The summed E-state index contributed by atoms with van der Waals surface area (Å²) in [4.78, 5) is 21.9. The lowest BCUT2D eigenvalue weighted by Crippen LogP contribution is -2.10. The van der Waals surface area contributed by atoms with Crippen molar-refractivity contribution in [2.75, 3.05) is 0 Å². The molecule has 0 fully saturated rings. The SMILES string of the molecule is CCc1cc(Oc2ccc(C(N)=O)cc2Cl)ccc1CCC(=O)O. The van der Waals surface area contributed by atoms with Crippen LogP contribution in [0, 0.1) is 0 Å². The summed E-state index contributed by atoms with van der Waals surface area (Å²) >= 11 is 6.11. The Hall–Kier alpha value is -2.53.